The predicted molar refractivity (Wildman–Crippen MR) is 79.1 cm³/mol. The molecule has 3 nitrogen and oxygen atoms in total. The van der Waals surface area contributed by atoms with Crippen LogP contribution >= 0.6 is 28.3 Å². The number of hydrogen-bond acceptors (Lipinski definition) is 3. The van der Waals surface area contributed by atoms with Gasteiger partial charge in [-0.3, -0.25) is 0 Å². The van der Waals surface area contributed by atoms with Gasteiger partial charge in [0.05, 0.1) is 6.61 Å². The topological polar surface area (TPSA) is 34.1 Å². The van der Waals surface area contributed by atoms with Crippen molar-refractivity contribution >= 4 is 28.3 Å². The lowest BCUT2D eigenvalue weighted by atomic mass is 9.95. The minimum Gasteiger partial charge on any atom is -0.377 e. The molecule has 5 heteroatoms. The molecule has 0 radical (unpaired) electrons. The number of ether oxygens (including phenoxy) is 1. The largest absolute Gasteiger partial charge is 0.377 e. The number of pyridine rings is 1. The normalized spacial score (nSPS) is 16.3. The van der Waals surface area contributed by atoms with Crippen LogP contribution in [0.2, 0.25) is 0 Å². The van der Waals surface area contributed by atoms with Crippen molar-refractivity contribution in [3.05, 3.63) is 28.5 Å². The molecule has 1 saturated heterocycles. The first-order valence-corrected chi connectivity index (χ1v) is 7.03. The van der Waals surface area contributed by atoms with Crippen molar-refractivity contribution in [1.82, 2.24) is 10.3 Å². The molecule has 1 fully saturated rings. The molecule has 0 unspecified atom stereocenters. The van der Waals surface area contributed by atoms with E-state index in [0.29, 0.717) is 6.61 Å². The molecule has 1 aliphatic rings. The molecule has 1 aromatic heterocycles. The molecule has 102 valence electrons. The average Bonchev–Trinajstić information content (AvgIpc) is 2.36. The van der Waals surface area contributed by atoms with E-state index in [1.54, 1.807) is 6.20 Å². The van der Waals surface area contributed by atoms with E-state index in [-0.39, 0.29) is 12.4 Å². The summed E-state index contributed by atoms with van der Waals surface area (Å²) in [6.07, 6.45) is 5.58. The molecule has 0 amide bonds. The smallest absolute Gasteiger partial charge is 0.106 e. The lowest BCUT2D eigenvalue weighted by Crippen LogP contribution is -2.28. The first-order chi connectivity index (χ1) is 8.34. The van der Waals surface area contributed by atoms with Gasteiger partial charge in [0.2, 0.25) is 0 Å². The summed E-state index contributed by atoms with van der Waals surface area (Å²) in [5.41, 5.74) is 1.18. The van der Waals surface area contributed by atoms with Crippen LogP contribution in [0.25, 0.3) is 0 Å². The van der Waals surface area contributed by atoms with E-state index in [4.69, 9.17) is 4.74 Å². The van der Waals surface area contributed by atoms with Gasteiger partial charge in [0, 0.05) is 12.8 Å². The summed E-state index contributed by atoms with van der Waals surface area (Å²) in [6.45, 7) is 3.89. The highest BCUT2D eigenvalue weighted by Gasteiger charge is 2.12. The number of nitrogens with one attached hydrogen (secondary N) is 1. The van der Waals surface area contributed by atoms with Gasteiger partial charge in [-0.1, -0.05) is 0 Å². The number of aromatic nitrogens is 1. The lowest BCUT2D eigenvalue weighted by Gasteiger charge is -2.22. The third kappa shape index (κ3) is 5.65. The Morgan fingerprint density at radius 2 is 2.17 bits per heavy atom. The summed E-state index contributed by atoms with van der Waals surface area (Å²) < 4.78 is 6.58. The zero-order valence-corrected chi connectivity index (χ0v) is 12.8. The second-order valence-electron chi connectivity index (χ2n) is 4.52. The number of halogens is 2. The van der Waals surface area contributed by atoms with Gasteiger partial charge >= 0.3 is 0 Å². The van der Waals surface area contributed by atoms with Gasteiger partial charge in [-0.05, 0) is 71.9 Å². The molecule has 0 saturated carbocycles. The minimum absolute atomic E-state index is 0. The molecule has 1 aliphatic heterocycles. The van der Waals surface area contributed by atoms with Crippen molar-refractivity contribution in [2.24, 2.45) is 5.92 Å². The first kappa shape index (κ1) is 15.9. The second-order valence-corrected chi connectivity index (χ2v) is 5.33. The molecule has 18 heavy (non-hydrogen) atoms. The minimum atomic E-state index is 0. The van der Waals surface area contributed by atoms with Crippen LogP contribution in [0.15, 0.2) is 22.9 Å². The van der Waals surface area contributed by atoms with Crippen LogP contribution in [-0.2, 0) is 11.3 Å². The van der Waals surface area contributed by atoms with Crippen LogP contribution in [0.4, 0.5) is 0 Å². The number of piperidine rings is 1. The third-order valence-corrected chi connectivity index (χ3v) is 3.62. The zero-order valence-electron chi connectivity index (χ0n) is 10.4. The molecule has 1 N–H and O–H groups in total. The fourth-order valence-electron chi connectivity index (χ4n) is 2.14. The highest BCUT2D eigenvalue weighted by molar-refractivity contribution is 9.10. The van der Waals surface area contributed by atoms with Crippen molar-refractivity contribution in [2.75, 3.05) is 19.7 Å². The third-order valence-electron chi connectivity index (χ3n) is 3.19. The fourth-order valence-corrected chi connectivity index (χ4v) is 2.56. The van der Waals surface area contributed by atoms with E-state index in [2.05, 4.69) is 26.2 Å². The van der Waals surface area contributed by atoms with Crippen molar-refractivity contribution < 1.29 is 4.74 Å². The molecule has 2 heterocycles. The van der Waals surface area contributed by atoms with Gasteiger partial charge in [-0.2, -0.15) is 0 Å². The van der Waals surface area contributed by atoms with Crippen molar-refractivity contribution in [3.8, 4) is 0 Å². The molecule has 0 atom stereocenters. The summed E-state index contributed by atoms with van der Waals surface area (Å²) in [7, 11) is 0. The molecular weight excluding hydrogens is 316 g/mol. The fraction of sp³-hybridized carbons (Fsp3) is 0.615. The second kappa shape index (κ2) is 8.86. The van der Waals surface area contributed by atoms with Crippen LogP contribution in [0.5, 0.6) is 0 Å². The molecule has 1 aromatic rings. The van der Waals surface area contributed by atoms with Crippen LogP contribution in [-0.4, -0.2) is 24.7 Å². The molecular formula is C13H20BrClN2O. The Bertz CT molecular complexity index is 346. The highest BCUT2D eigenvalue weighted by atomic mass is 79.9. The van der Waals surface area contributed by atoms with E-state index in [1.165, 1.54) is 37.9 Å². The van der Waals surface area contributed by atoms with Crippen LogP contribution in [0.3, 0.4) is 0 Å². The Hall–Kier alpha value is -0.160. The summed E-state index contributed by atoms with van der Waals surface area (Å²) in [5.74, 6) is 0.848. The Labute approximate surface area is 123 Å². The average molecular weight is 336 g/mol. The van der Waals surface area contributed by atoms with Gasteiger partial charge in [0.1, 0.15) is 4.60 Å². The Balaban J connectivity index is 0.00000162. The molecule has 2 rings (SSSR count). The maximum Gasteiger partial charge on any atom is 0.106 e. The van der Waals surface area contributed by atoms with Crippen LogP contribution in [0, 0.1) is 5.92 Å². The van der Waals surface area contributed by atoms with Crippen molar-refractivity contribution in [1.29, 1.82) is 0 Å². The van der Waals surface area contributed by atoms with Gasteiger partial charge in [0.25, 0.3) is 0 Å². The van der Waals surface area contributed by atoms with Gasteiger partial charge in [0.15, 0.2) is 0 Å². The van der Waals surface area contributed by atoms with Gasteiger partial charge in [-0.25, -0.2) is 4.98 Å². The van der Waals surface area contributed by atoms with E-state index in [9.17, 15) is 0 Å². The van der Waals surface area contributed by atoms with E-state index < -0.39 is 0 Å². The van der Waals surface area contributed by atoms with E-state index in [0.717, 1.165) is 17.1 Å². The zero-order chi connectivity index (χ0) is 11.9. The van der Waals surface area contributed by atoms with Gasteiger partial charge < -0.3 is 10.1 Å². The molecule has 0 bridgehead atoms. The van der Waals surface area contributed by atoms with Crippen LogP contribution in [0.1, 0.15) is 24.8 Å². The maximum atomic E-state index is 5.71. The monoisotopic (exact) mass is 334 g/mol. The predicted octanol–water partition coefficient (Wildman–Crippen LogP) is 3.17. The maximum absolute atomic E-state index is 5.71. The Morgan fingerprint density at radius 1 is 1.39 bits per heavy atom. The van der Waals surface area contributed by atoms with E-state index in [1.807, 2.05) is 12.1 Å². The van der Waals surface area contributed by atoms with Gasteiger partial charge in [-0.15, -0.1) is 12.4 Å². The first-order valence-electron chi connectivity index (χ1n) is 6.23. The standard InChI is InChI=1S/C13H19BrN2O.ClH/c14-13-9-12(3-7-16-13)10-17-8-4-11-1-5-15-6-2-11;/h3,7,9,11,15H,1-2,4-6,8,10H2;1H. The number of rotatable bonds is 5. The number of hydrogen-bond donors (Lipinski definition) is 1. The SMILES string of the molecule is Brc1cc(COCCC2CCNCC2)ccn1.Cl. The quantitative estimate of drug-likeness (QED) is 0.663. The highest BCUT2D eigenvalue weighted by Crippen LogP contribution is 2.16. The lowest BCUT2D eigenvalue weighted by molar-refractivity contribution is 0.103. The van der Waals surface area contributed by atoms with E-state index >= 15 is 0 Å². The number of nitrogens with zero attached hydrogens (tertiary/aromatic N) is 1. The van der Waals surface area contributed by atoms with Crippen molar-refractivity contribution in [2.45, 2.75) is 25.9 Å². The molecule has 0 spiro atoms. The summed E-state index contributed by atoms with van der Waals surface area (Å²) in [5, 5.41) is 3.38. The van der Waals surface area contributed by atoms with Crippen LogP contribution < -0.4 is 5.32 Å². The molecule has 0 aromatic carbocycles. The molecule has 0 aliphatic carbocycles. The summed E-state index contributed by atoms with van der Waals surface area (Å²) >= 11 is 3.36. The Kier molecular flexibility index (Phi) is 7.82. The van der Waals surface area contributed by atoms with Crippen molar-refractivity contribution in [3.63, 3.8) is 0 Å². The summed E-state index contributed by atoms with van der Waals surface area (Å²) in [6, 6.07) is 4.00. The summed E-state index contributed by atoms with van der Waals surface area (Å²) in [4.78, 5) is 4.10. The Morgan fingerprint density at radius 3 is 2.89 bits per heavy atom.